The number of nitrogens with two attached hydrogens (primary N) is 1. The molecule has 0 bridgehead atoms. The van der Waals surface area contributed by atoms with Gasteiger partial charge in [-0.2, -0.15) is 0 Å². The molecule has 5 heteroatoms. The molecule has 0 aromatic carbocycles. The highest BCUT2D eigenvalue weighted by molar-refractivity contribution is 4.92. The first-order valence-corrected chi connectivity index (χ1v) is 4.44. The second-order valence-electron chi connectivity index (χ2n) is 2.85. The van der Waals surface area contributed by atoms with Gasteiger partial charge in [-0.3, -0.25) is 0 Å². The van der Waals surface area contributed by atoms with Crippen LogP contribution in [0.1, 0.15) is 25.0 Å². The van der Waals surface area contributed by atoms with E-state index in [1.54, 1.807) is 0 Å². The summed E-state index contributed by atoms with van der Waals surface area (Å²) in [4.78, 5) is 0. The fourth-order valence-electron chi connectivity index (χ4n) is 1.01. The predicted molar refractivity (Wildman–Crippen MR) is 48.8 cm³/mol. The van der Waals surface area contributed by atoms with Crippen LogP contribution < -0.4 is 5.73 Å². The Balaban J connectivity index is 2.51. The summed E-state index contributed by atoms with van der Waals surface area (Å²) >= 11 is 0. The van der Waals surface area contributed by atoms with Gasteiger partial charge < -0.3 is 15.0 Å². The van der Waals surface area contributed by atoms with Crippen molar-refractivity contribution in [2.75, 3.05) is 6.61 Å². The summed E-state index contributed by atoms with van der Waals surface area (Å²) in [6.07, 6.45) is 1.02. The van der Waals surface area contributed by atoms with Gasteiger partial charge in [-0.1, -0.05) is 6.92 Å². The lowest BCUT2D eigenvalue weighted by atomic mass is 10.5. The van der Waals surface area contributed by atoms with Gasteiger partial charge in [-0.15, -0.1) is 10.2 Å². The molecule has 0 aliphatic heterocycles. The summed E-state index contributed by atoms with van der Waals surface area (Å²) in [5, 5.41) is 7.89. The lowest BCUT2D eigenvalue weighted by Crippen LogP contribution is -2.08. The predicted octanol–water partition coefficient (Wildman–Crippen LogP) is 0.200. The van der Waals surface area contributed by atoms with Crippen LogP contribution in [0.25, 0.3) is 0 Å². The molecule has 0 spiro atoms. The maximum atomic E-state index is 5.45. The van der Waals surface area contributed by atoms with Gasteiger partial charge in [0.2, 0.25) is 0 Å². The number of ether oxygens (including phenoxy) is 1. The van der Waals surface area contributed by atoms with Crippen molar-refractivity contribution in [3.8, 4) is 0 Å². The Morgan fingerprint density at radius 2 is 2.08 bits per heavy atom. The third-order valence-corrected chi connectivity index (χ3v) is 1.82. The summed E-state index contributed by atoms with van der Waals surface area (Å²) in [5.41, 5.74) is 5.45. The second-order valence-corrected chi connectivity index (χ2v) is 2.85. The van der Waals surface area contributed by atoms with E-state index in [4.69, 9.17) is 10.5 Å². The lowest BCUT2D eigenvalue weighted by molar-refractivity contribution is 0.114. The van der Waals surface area contributed by atoms with Crippen molar-refractivity contribution in [2.45, 2.75) is 26.5 Å². The van der Waals surface area contributed by atoms with Crippen LogP contribution in [0.15, 0.2) is 0 Å². The van der Waals surface area contributed by atoms with E-state index in [1.807, 2.05) is 11.6 Å². The molecule has 0 aliphatic rings. The second kappa shape index (κ2) is 4.94. The van der Waals surface area contributed by atoms with Gasteiger partial charge in [0.25, 0.3) is 0 Å². The molecule has 0 saturated carbocycles. The van der Waals surface area contributed by atoms with Crippen LogP contribution in [0.4, 0.5) is 0 Å². The van der Waals surface area contributed by atoms with Crippen molar-refractivity contribution in [3.05, 3.63) is 11.6 Å². The molecule has 0 unspecified atom stereocenters. The molecule has 13 heavy (non-hydrogen) atoms. The van der Waals surface area contributed by atoms with Crippen LogP contribution in [0, 0.1) is 0 Å². The van der Waals surface area contributed by atoms with Crippen LogP contribution in [0.3, 0.4) is 0 Å². The Labute approximate surface area is 77.9 Å². The van der Waals surface area contributed by atoms with Gasteiger partial charge in [0.1, 0.15) is 12.4 Å². The SMILES string of the molecule is CCCOCc1nnc(CN)n1C. The van der Waals surface area contributed by atoms with Gasteiger partial charge in [0, 0.05) is 13.7 Å². The first-order chi connectivity index (χ1) is 6.29. The van der Waals surface area contributed by atoms with Crippen LogP contribution in [0.2, 0.25) is 0 Å². The molecule has 0 fully saturated rings. The van der Waals surface area contributed by atoms with Crippen molar-refractivity contribution >= 4 is 0 Å². The van der Waals surface area contributed by atoms with E-state index in [0.717, 1.165) is 24.7 Å². The van der Waals surface area contributed by atoms with Gasteiger partial charge in [-0.05, 0) is 6.42 Å². The van der Waals surface area contributed by atoms with E-state index in [0.29, 0.717) is 13.2 Å². The molecule has 1 aromatic rings. The molecule has 0 saturated heterocycles. The maximum absolute atomic E-state index is 5.45. The summed E-state index contributed by atoms with van der Waals surface area (Å²) in [7, 11) is 1.90. The lowest BCUT2D eigenvalue weighted by Gasteiger charge is -2.02. The fraction of sp³-hybridized carbons (Fsp3) is 0.750. The van der Waals surface area contributed by atoms with Gasteiger partial charge in [0.15, 0.2) is 5.82 Å². The van der Waals surface area contributed by atoms with Crippen LogP contribution in [0.5, 0.6) is 0 Å². The maximum Gasteiger partial charge on any atom is 0.158 e. The number of rotatable bonds is 5. The Bertz CT molecular complexity index is 259. The molecule has 2 N–H and O–H groups in total. The molecule has 1 aromatic heterocycles. The van der Waals surface area contributed by atoms with E-state index in [9.17, 15) is 0 Å². The van der Waals surface area contributed by atoms with Gasteiger partial charge in [-0.25, -0.2) is 0 Å². The minimum Gasteiger partial charge on any atom is -0.373 e. The Kier molecular flexibility index (Phi) is 3.85. The van der Waals surface area contributed by atoms with E-state index in [1.165, 1.54) is 0 Å². The van der Waals surface area contributed by atoms with Gasteiger partial charge in [0.05, 0.1) is 6.54 Å². The van der Waals surface area contributed by atoms with Crippen molar-refractivity contribution in [2.24, 2.45) is 12.8 Å². The molecule has 0 aliphatic carbocycles. The molecule has 0 radical (unpaired) electrons. The monoisotopic (exact) mass is 184 g/mol. The Morgan fingerprint density at radius 3 is 2.62 bits per heavy atom. The van der Waals surface area contributed by atoms with Crippen LogP contribution in [-0.2, 0) is 24.9 Å². The minimum atomic E-state index is 0.414. The number of hydrogen-bond acceptors (Lipinski definition) is 4. The average molecular weight is 184 g/mol. The smallest absolute Gasteiger partial charge is 0.158 e. The first-order valence-electron chi connectivity index (χ1n) is 4.44. The summed E-state index contributed by atoms with van der Waals surface area (Å²) in [5.74, 6) is 1.61. The number of hydrogen-bond donors (Lipinski definition) is 1. The zero-order chi connectivity index (χ0) is 9.68. The molecule has 5 nitrogen and oxygen atoms in total. The van der Waals surface area contributed by atoms with Crippen molar-refractivity contribution < 1.29 is 4.74 Å². The molecule has 1 rings (SSSR count). The van der Waals surface area contributed by atoms with Crippen LogP contribution >= 0.6 is 0 Å². The molecule has 0 amide bonds. The summed E-state index contributed by atoms with van der Waals surface area (Å²) in [6, 6.07) is 0. The van der Waals surface area contributed by atoms with Crippen molar-refractivity contribution in [1.29, 1.82) is 0 Å². The highest BCUT2D eigenvalue weighted by Crippen LogP contribution is 2.00. The van der Waals surface area contributed by atoms with Crippen LogP contribution in [-0.4, -0.2) is 21.4 Å². The third-order valence-electron chi connectivity index (χ3n) is 1.82. The molecule has 1 heterocycles. The summed E-state index contributed by atoms with van der Waals surface area (Å²) < 4.78 is 7.21. The first kappa shape index (κ1) is 10.1. The molecule has 0 atom stereocenters. The standard InChI is InChI=1S/C8H16N4O/c1-3-4-13-6-8-11-10-7(5-9)12(8)2/h3-6,9H2,1-2H3. The Morgan fingerprint density at radius 1 is 1.38 bits per heavy atom. The zero-order valence-corrected chi connectivity index (χ0v) is 8.16. The number of aromatic nitrogens is 3. The van der Waals surface area contributed by atoms with Gasteiger partial charge >= 0.3 is 0 Å². The van der Waals surface area contributed by atoms with E-state index in [-0.39, 0.29) is 0 Å². The van der Waals surface area contributed by atoms with E-state index >= 15 is 0 Å². The molecule has 74 valence electrons. The molecular weight excluding hydrogens is 168 g/mol. The highest BCUT2D eigenvalue weighted by Gasteiger charge is 2.05. The zero-order valence-electron chi connectivity index (χ0n) is 8.16. The quantitative estimate of drug-likeness (QED) is 0.664. The third kappa shape index (κ3) is 2.50. The Hall–Kier alpha value is -0.940. The van der Waals surface area contributed by atoms with Crippen molar-refractivity contribution in [3.63, 3.8) is 0 Å². The van der Waals surface area contributed by atoms with Crippen molar-refractivity contribution in [1.82, 2.24) is 14.8 Å². The van der Waals surface area contributed by atoms with E-state index < -0.39 is 0 Å². The summed E-state index contributed by atoms with van der Waals surface area (Å²) in [6.45, 7) is 3.75. The topological polar surface area (TPSA) is 66.0 Å². The normalized spacial score (nSPS) is 10.7. The minimum absolute atomic E-state index is 0.414. The largest absolute Gasteiger partial charge is 0.373 e. The number of nitrogens with zero attached hydrogens (tertiary/aromatic N) is 3. The highest BCUT2D eigenvalue weighted by atomic mass is 16.5. The fourth-order valence-corrected chi connectivity index (χ4v) is 1.01. The molecular formula is C8H16N4O. The average Bonchev–Trinajstić information content (AvgIpc) is 2.48. The van der Waals surface area contributed by atoms with E-state index in [2.05, 4.69) is 17.1 Å².